The monoisotopic (exact) mass is 589 g/mol. The van der Waals surface area contributed by atoms with Gasteiger partial charge in [-0.05, 0) is 61.6 Å². The van der Waals surface area contributed by atoms with Crippen molar-refractivity contribution in [3.05, 3.63) is 75.5 Å². The van der Waals surface area contributed by atoms with Gasteiger partial charge in [-0.1, -0.05) is 22.0 Å². The molecule has 12 heteroatoms. The van der Waals surface area contributed by atoms with Gasteiger partial charge < -0.3 is 26.6 Å². The van der Waals surface area contributed by atoms with Crippen LogP contribution in [0.1, 0.15) is 59.3 Å². The number of carboxylic acid groups (broad SMARTS) is 1. The van der Waals surface area contributed by atoms with Crippen LogP contribution in [0.5, 0.6) is 0 Å². The molecule has 9 nitrogen and oxygen atoms in total. The van der Waals surface area contributed by atoms with Gasteiger partial charge in [-0.2, -0.15) is 0 Å². The summed E-state index contributed by atoms with van der Waals surface area (Å²) in [5.41, 5.74) is 7.37. The Morgan fingerprint density at radius 1 is 1.13 bits per heavy atom. The van der Waals surface area contributed by atoms with Crippen LogP contribution in [0.15, 0.2) is 47.1 Å². The molecule has 0 saturated heterocycles. The first-order valence-corrected chi connectivity index (χ1v) is 12.7. The van der Waals surface area contributed by atoms with Gasteiger partial charge in [0.2, 0.25) is 0 Å². The van der Waals surface area contributed by atoms with Crippen LogP contribution in [-0.2, 0) is 0 Å². The summed E-state index contributed by atoms with van der Waals surface area (Å²) in [6, 6.07) is 6.83. The number of halogens is 3. The van der Waals surface area contributed by atoms with Crippen molar-refractivity contribution in [1.82, 2.24) is 20.6 Å². The predicted molar refractivity (Wildman–Crippen MR) is 139 cm³/mol. The number of benzene rings is 2. The molecule has 0 bridgehead atoms. The second-order valence-electron chi connectivity index (χ2n) is 9.13. The van der Waals surface area contributed by atoms with Gasteiger partial charge in [-0.3, -0.25) is 4.79 Å². The number of aliphatic hydroxyl groups excluding tert-OH is 1. The molecule has 1 atom stereocenters. The van der Waals surface area contributed by atoms with Crippen LogP contribution in [0, 0.1) is 11.6 Å². The van der Waals surface area contributed by atoms with Gasteiger partial charge in [0, 0.05) is 22.0 Å². The van der Waals surface area contributed by atoms with Gasteiger partial charge in [0.25, 0.3) is 5.91 Å². The summed E-state index contributed by atoms with van der Waals surface area (Å²) in [6.07, 6.45) is 3.29. The zero-order valence-electron chi connectivity index (χ0n) is 20.1. The number of aromatic nitrogens is 2. The molecular formula is C26H26BrF2N5O4. The summed E-state index contributed by atoms with van der Waals surface area (Å²) in [6.45, 7) is -0.519. The van der Waals surface area contributed by atoms with Crippen LogP contribution < -0.4 is 16.4 Å². The molecule has 4 rings (SSSR count). The summed E-state index contributed by atoms with van der Waals surface area (Å²) in [4.78, 5) is 32.5. The first-order chi connectivity index (χ1) is 18.1. The number of hydrogen-bond donors (Lipinski definition) is 5. The lowest BCUT2D eigenvalue weighted by molar-refractivity contribution is 0.0912. The van der Waals surface area contributed by atoms with Crippen molar-refractivity contribution in [2.45, 2.75) is 43.7 Å². The summed E-state index contributed by atoms with van der Waals surface area (Å²) >= 11 is 3.17. The molecule has 0 radical (unpaired) electrons. The van der Waals surface area contributed by atoms with E-state index in [2.05, 4.69) is 36.5 Å². The molecule has 6 N–H and O–H groups in total. The fourth-order valence-electron chi connectivity index (χ4n) is 4.62. The molecule has 1 heterocycles. The number of nitrogens with two attached hydrogens (primary N) is 1. The van der Waals surface area contributed by atoms with Crippen molar-refractivity contribution >= 4 is 33.7 Å². The van der Waals surface area contributed by atoms with E-state index >= 15 is 4.39 Å². The van der Waals surface area contributed by atoms with Crippen LogP contribution in [-0.4, -0.2) is 44.8 Å². The maximum absolute atomic E-state index is 15.1. The minimum Gasteiger partial charge on any atom is -0.465 e. The Hall–Kier alpha value is -3.64. The molecule has 1 aliphatic carbocycles. The Balaban J connectivity index is 1.51. The molecule has 1 fully saturated rings. The molecule has 2 amide bonds. The highest BCUT2D eigenvalue weighted by atomic mass is 79.9. The van der Waals surface area contributed by atoms with Gasteiger partial charge in [0.15, 0.2) is 0 Å². The average Bonchev–Trinajstić information content (AvgIpc) is 2.87. The number of nitrogens with one attached hydrogen (secondary N) is 2. The number of carbonyl (C=O) groups excluding carboxylic acids is 1. The van der Waals surface area contributed by atoms with Crippen LogP contribution in [0.2, 0.25) is 0 Å². The smallest absolute Gasteiger partial charge is 0.404 e. The first-order valence-electron chi connectivity index (χ1n) is 11.9. The van der Waals surface area contributed by atoms with Gasteiger partial charge in [0.1, 0.15) is 23.1 Å². The lowest BCUT2D eigenvalue weighted by Crippen LogP contribution is -2.36. The SMILES string of the molecule is Nc1ncc(C2CCC(NC(=O)O)CC2)nc1-c1ccc(C(=O)N[C@H](CO)c2cc(F)cc(Br)c2)c(F)c1. The number of rotatable bonds is 7. The van der Waals surface area contributed by atoms with E-state index in [1.54, 1.807) is 12.3 Å². The molecule has 1 aromatic heterocycles. The predicted octanol–water partition coefficient (Wildman–Crippen LogP) is 4.52. The third-order valence-corrected chi connectivity index (χ3v) is 7.01. The fourth-order valence-corrected chi connectivity index (χ4v) is 5.11. The van der Waals surface area contributed by atoms with Crippen molar-refractivity contribution in [3.8, 4) is 11.3 Å². The highest BCUT2D eigenvalue weighted by molar-refractivity contribution is 9.10. The normalized spacial score (nSPS) is 18.0. The number of amides is 2. The van der Waals surface area contributed by atoms with E-state index in [-0.39, 0.29) is 29.0 Å². The number of nitrogen functional groups attached to an aromatic ring is 1. The Morgan fingerprint density at radius 3 is 2.50 bits per heavy atom. The Kier molecular flexibility index (Phi) is 8.52. The zero-order valence-corrected chi connectivity index (χ0v) is 21.7. The van der Waals surface area contributed by atoms with Gasteiger partial charge in [0.05, 0.1) is 30.1 Å². The van der Waals surface area contributed by atoms with E-state index in [0.29, 0.717) is 47.0 Å². The van der Waals surface area contributed by atoms with Crippen LogP contribution in [0.3, 0.4) is 0 Å². The molecule has 3 aromatic rings. The van der Waals surface area contributed by atoms with Gasteiger partial charge >= 0.3 is 6.09 Å². The van der Waals surface area contributed by atoms with Crippen LogP contribution >= 0.6 is 15.9 Å². The quantitative estimate of drug-likeness (QED) is 0.272. The topological polar surface area (TPSA) is 150 Å². The van der Waals surface area contributed by atoms with E-state index in [1.807, 2.05) is 0 Å². The lowest BCUT2D eigenvalue weighted by atomic mass is 9.84. The van der Waals surface area contributed by atoms with Gasteiger partial charge in [-0.15, -0.1) is 0 Å². The van der Waals surface area contributed by atoms with Crippen molar-refractivity contribution in [2.24, 2.45) is 0 Å². The molecule has 0 spiro atoms. The van der Waals surface area contributed by atoms with Crippen molar-refractivity contribution in [3.63, 3.8) is 0 Å². The molecule has 0 unspecified atom stereocenters. The van der Waals surface area contributed by atoms with Crippen LogP contribution in [0.4, 0.5) is 19.4 Å². The summed E-state index contributed by atoms with van der Waals surface area (Å²) in [5, 5.41) is 23.7. The van der Waals surface area contributed by atoms with Crippen LogP contribution in [0.25, 0.3) is 11.3 Å². The highest BCUT2D eigenvalue weighted by Gasteiger charge is 2.26. The number of anilines is 1. The highest BCUT2D eigenvalue weighted by Crippen LogP contribution is 2.34. The van der Waals surface area contributed by atoms with E-state index in [9.17, 15) is 19.1 Å². The minimum atomic E-state index is -1.05. The number of nitrogens with zero attached hydrogens (tertiary/aromatic N) is 2. The molecule has 1 saturated carbocycles. The molecular weight excluding hydrogens is 564 g/mol. The second kappa shape index (κ2) is 11.8. The molecule has 0 aliphatic heterocycles. The minimum absolute atomic E-state index is 0.0573. The third kappa shape index (κ3) is 6.43. The zero-order chi connectivity index (χ0) is 27.4. The Bertz CT molecular complexity index is 1330. The van der Waals surface area contributed by atoms with Crippen molar-refractivity contribution < 1.29 is 28.6 Å². The summed E-state index contributed by atoms with van der Waals surface area (Å²) in [7, 11) is 0. The van der Waals surface area contributed by atoms with E-state index in [4.69, 9.17) is 10.8 Å². The Labute approximate surface area is 225 Å². The standard InChI is InChI=1S/C26H26BrF2N5O4/c27-16-7-15(8-17(28)10-16)22(12-35)34-25(36)19-6-3-14(9-20(19)29)23-24(30)31-11-21(33-23)13-1-4-18(5-2-13)32-26(37)38/h3,6-11,13,18,22,32,35H,1-2,4-5,12H2,(H2,30,31)(H,34,36)(H,37,38)/t13?,18?,22-/m1/s1. The number of carbonyl (C=O) groups is 2. The molecule has 1 aliphatic rings. The van der Waals surface area contributed by atoms with Gasteiger partial charge in [-0.25, -0.2) is 23.5 Å². The van der Waals surface area contributed by atoms with E-state index in [0.717, 1.165) is 6.07 Å². The molecule has 2 aromatic carbocycles. The van der Waals surface area contributed by atoms with Crippen molar-refractivity contribution in [1.29, 1.82) is 0 Å². The summed E-state index contributed by atoms with van der Waals surface area (Å²) < 4.78 is 29.3. The fraction of sp³-hybridized carbons (Fsp3) is 0.308. The maximum atomic E-state index is 15.1. The molecule has 38 heavy (non-hydrogen) atoms. The maximum Gasteiger partial charge on any atom is 0.404 e. The lowest BCUT2D eigenvalue weighted by Gasteiger charge is -2.28. The third-order valence-electron chi connectivity index (χ3n) is 6.55. The van der Waals surface area contributed by atoms with E-state index in [1.165, 1.54) is 24.3 Å². The molecule has 200 valence electrons. The van der Waals surface area contributed by atoms with Crippen molar-refractivity contribution in [2.75, 3.05) is 12.3 Å². The van der Waals surface area contributed by atoms with E-state index < -0.39 is 36.3 Å². The number of hydrogen-bond acceptors (Lipinski definition) is 6. The second-order valence-corrected chi connectivity index (χ2v) is 10.0. The summed E-state index contributed by atoms with van der Waals surface area (Å²) in [5.74, 6) is -2.01. The largest absolute Gasteiger partial charge is 0.465 e. The Morgan fingerprint density at radius 2 is 1.87 bits per heavy atom. The number of aliphatic hydroxyl groups is 1. The average molecular weight is 590 g/mol. The first kappa shape index (κ1) is 27.4.